The third-order valence-corrected chi connectivity index (χ3v) is 3.87. The Kier molecular flexibility index (Phi) is 3.54. The molecule has 0 spiro atoms. The van der Waals surface area contributed by atoms with Gasteiger partial charge in [-0.15, -0.1) is 0 Å². The van der Waals surface area contributed by atoms with Crippen LogP contribution in [0.1, 0.15) is 12.5 Å². The molecular formula is C16H20N4. The number of rotatable bonds is 2. The molecule has 0 N–H and O–H groups in total. The summed E-state index contributed by atoms with van der Waals surface area (Å²) >= 11 is 0. The Morgan fingerprint density at radius 1 is 1.10 bits per heavy atom. The van der Waals surface area contributed by atoms with E-state index in [2.05, 4.69) is 57.9 Å². The van der Waals surface area contributed by atoms with Gasteiger partial charge in [0.2, 0.25) is 0 Å². The van der Waals surface area contributed by atoms with E-state index in [4.69, 9.17) is 0 Å². The second-order valence-corrected chi connectivity index (χ2v) is 5.39. The highest BCUT2D eigenvalue weighted by molar-refractivity contribution is 5.50. The summed E-state index contributed by atoms with van der Waals surface area (Å²) in [7, 11) is 0. The van der Waals surface area contributed by atoms with E-state index in [9.17, 15) is 0 Å². The van der Waals surface area contributed by atoms with Crippen LogP contribution in [0.3, 0.4) is 0 Å². The molecule has 2 aromatic rings. The molecule has 1 aromatic heterocycles. The SMILES string of the molecule is Cc1ccc(N2CCN(c3cnccn3)[C@H](C)C2)cc1. The number of aromatic nitrogens is 2. The van der Waals surface area contributed by atoms with Crippen molar-refractivity contribution < 1.29 is 0 Å². The molecule has 1 aromatic carbocycles. The molecular weight excluding hydrogens is 248 g/mol. The minimum absolute atomic E-state index is 0.432. The van der Waals surface area contributed by atoms with Crippen LogP contribution in [-0.2, 0) is 0 Å². The lowest BCUT2D eigenvalue weighted by molar-refractivity contribution is 0.545. The van der Waals surface area contributed by atoms with Gasteiger partial charge in [-0.25, -0.2) is 4.98 Å². The second kappa shape index (κ2) is 5.49. The van der Waals surface area contributed by atoms with Gasteiger partial charge >= 0.3 is 0 Å². The van der Waals surface area contributed by atoms with Crippen LogP contribution in [0.4, 0.5) is 11.5 Å². The van der Waals surface area contributed by atoms with Crippen LogP contribution in [-0.4, -0.2) is 35.6 Å². The average molecular weight is 268 g/mol. The second-order valence-electron chi connectivity index (χ2n) is 5.39. The summed E-state index contributed by atoms with van der Waals surface area (Å²) < 4.78 is 0. The Balaban J connectivity index is 1.72. The molecule has 1 aliphatic rings. The van der Waals surface area contributed by atoms with Gasteiger partial charge < -0.3 is 9.80 Å². The van der Waals surface area contributed by atoms with Crippen LogP contribution in [0, 0.1) is 6.92 Å². The van der Waals surface area contributed by atoms with Gasteiger partial charge in [0.1, 0.15) is 5.82 Å². The molecule has 2 heterocycles. The van der Waals surface area contributed by atoms with Gasteiger partial charge in [-0.2, -0.15) is 0 Å². The van der Waals surface area contributed by atoms with Crippen molar-refractivity contribution in [2.75, 3.05) is 29.4 Å². The van der Waals surface area contributed by atoms with Crippen molar-refractivity contribution in [2.24, 2.45) is 0 Å². The van der Waals surface area contributed by atoms with Crippen molar-refractivity contribution in [1.82, 2.24) is 9.97 Å². The molecule has 0 bridgehead atoms. The number of piperazine rings is 1. The Labute approximate surface area is 120 Å². The predicted octanol–water partition coefficient (Wildman–Crippen LogP) is 2.50. The van der Waals surface area contributed by atoms with Crippen LogP contribution in [0.5, 0.6) is 0 Å². The number of anilines is 2. The zero-order chi connectivity index (χ0) is 13.9. The van der Waals surface area contributed by atoms with Crippen LogP contribution in [0.2, 0.25) is 0 Å². The van der Waals surface area contributed by atoms with Crippen LogP contribution in [0.15, 0.2) is 42.9 Å². The Bertz CT molecular complexity index is 552. The topological polar surface area (TPSA) is 32.3 Å². The Morgan fingerprint density at radius 2 is 1.90 bits per heavy atom. The standard InChI is InChI=1S/C16H20N4/c1-13-3-5-15(6-4-13)19-9-10-20(14(2)12-19)16-11-17-7-8-18-16/h3-8,11,14H,9-10,12H2,1-2H3/t14-/m1/s1. The molecule has 4 nitrogen and oxygen atoms in total. The fourth-order valence-electron chi connectivity index (χ4n) is 2.73. The first kappa shape index (κ1) is 12.9. The van der Waals surface area contributed by atoms with Crippen molar-refractivity contribution in [3.63, 3.8) is 0 Å². The van der Waals surface area contributed by atoms with Crippen LogP contribution in [0.25, 0.3) is 0 Å². The normalized spacial score (nSPS) is 19.2. The maximum absolute atomic E-state index is 4.41. The van der Waals surface area contributed by atoms with E-state index in [1.165, 1.54) is 11.3 Å². The molecule has 0 radical (unpaired) electrons. The summed E-state index contributed by atoms with van der Waals surface area (Å²) in [5.41, 5.74) is 2.61. The zero-order valence-electron chi connectivity index (χ0n) is 12.0. The molecule has 0 unspecified atom stereocenters. The quantitative estimate of drug-likeness (QED) is 0.837. The zero-order valence-corrected chi connectivity index (χ0v) is 12.0. The summed E-state index contributed by atoms with van der Waals surface area (Å²) in [5.74, 6) is 0.976. The summed E-state index contributed by atoms with van der Waals surface area (Å²) in [6.45, 7) is 7.38. The van der Waals surface area contributed by atoms with Crippen molar-refractivity contribution in [1.29, 1.82) is 0 Å². The Morgan fingerprint density at radius 3 is 2.55 bits per heavy atom. The Hall–Kier alpha value is -2.10. The molecule has 20 heavy (non-hydrogen) atoms. The van der Waals surface area contributed by atoms with Gasteiger partial charge in [0.25, 0.3) is 0 Å². The maximum Gasteiger partial charge on any atom is 0.147 e. The van der Waals surface area contributed by atoms with Crippen molar-refractivity contribution in [2.45, 2.75) is 19.9 Å². The number of hydrogen-bond donors (Lipinski definition) is 0. The molecule has 1 aliphatic heterocycles. The van der Waals surface area contributed by atoms with Gasteiger partial charge in [0.15, 0.2) is 0 Å². The molecule has 3 rings (SSSR count). The summed E-state index contributed by atoms with van der Waals surface area (Å²) in [5, 5.41) is 0. The third kappa shape index (κ3) is 2.59. The highest BCUT2D eigenvalue weighted by Crippen LogP contribution is 2.22. The fourth-order valence-corrected chi connectivity index (χ4v) is 2.73. The molecule has 0 saturated carbocycles. The fraction of sp³-hybridized carbons (Fsp3) is 0.375. The van der Waals surface area contributed by atoms with E-state index in [0.29, 0.717) is 6.04 Å². The van der Waals surface area contributed by atoms with Gasteiger partial charge in [-0.05, 0) is 26.0 Å². The van der Waals surface area contributed by atoms with E-state index in [0.717, 1.165) is 25.5 Å². The van der Waals surface area contributed by atoms with Gasteiger partial charge in [-0.3, -0.25) is 4.98 Å². The highest BCUT2D eigenvalue weighted by Gasteiger charge is 2.24. The summed E-state index contributed by atoms with van der Waals surface area (Å²) in [6.07, 6.45) is 5.32. The third-order valence-electron chi connectivity index (χ3n) is 3.87. The van der Waals surface area contributed by atoms with Crippen molar-refractivity contribution in [3.8, 4) is 0 Å². The van der Waals surface area contributed by atoms with E-state index < -0.39 is 0 Å². The predicted molar refractivity (Wildman–Crippen MR) is 82.2 cm³/mol. The average Bonchev–Trinajstić information content (AvgIpc) is 2.49. The molecule has 1 atom stereocenters. The first-order chi connectivity index (χ1) is 9.74. The molecule has 104 valence electrons. The van der Waals surface area contributed by atoms with Crippen molar-refractivity contribution >= 4 is 11.5 Å². The number of aryl methyl sites for hydroxylation is 1. The largest absolute Gasteiger partial charge is 0.368 e. The smallest absolute Gasteiger partial charge is 0.147 e. The van der Waals surface area contributed by atoms with E-state index in [1.807, 2.05) is 6.20 Å². The summed E-state index contributed by atoms with van der Waals surface area (Å²) in [6, 6.07) is 9.20. The number of nitrogens with zero attached hydrogens (tertiary/aromatic N) is 4. The minimum atomic E-state index is 0.432. The molecule has 0 amide bonds. The highest BCUT2D eigenvalue weighted by atomic mass is 15.3. The van der Waals surface area contributed by atoms with Gasteiger partial charge in [-0.1, -0.05) is 17.7 Å². The van der Waals surface area contributed by atoms with E-state index in [-0.39, 0.29) is 0 Å². The van der Waals surface area contributed by atoms with E-state index >= 15 is 0 Å². The lowest BCUT2D eigenvalue weighted by atomic mass is 10.1. The lowest BCUT2D eigenvalue weighted by Gasteiger charge is -2.41. The van der Waals surface area contributed by atoms with Gasteiger partial charge in [0.05, 0.1) is 6.20 Å². The van der Waals surface area contributed by atoms with E-state index in [1.54, 1.807) is 12.4 Å². The summed E-state index contributed by atoms with van der Waals surface area (Å²) in [4.78, 5) is 13.3. The monoisotopic (exact) mass is 268 g/mol. The molecule has 1 fully saturated rings. The molecule has 0 aliphatic carbocycles. The van der Waals surface area contributed by atoms with Crippen LogP contribution < -0.4 is 9.80 Å². The van der Waals surface area contributed by atoms with Gasteiger partial charge in [0, 0.05) is 43.8 Å². The minimum Gasteiger partial charge on any atom is -0.368 e. The lowest BCUT2D eigenvalue weighted by Crippen LogP contribution is -2.52. The van der Waals surface area contributed by atoms with Crippen LogP contribution >= 0.6 is 0 Å². The molecule has 4 heteroatoms. The van der Waals surface area contributed by atoms with Crippen molar-refractivity contribution in [3.05, 3.63) is 48.4 Å². The first-order valence-electron chi connectivity index (χ1n) is 7.08. The molecule has 1 saturated heterocycles. The maximum atomic E-state index is 4.41. The number of hydrogen-bond acceptors (Lipinski definition) is 4. The first-order valence-corrected chi connectivity index (χ1v) is 7.08. The number of benzene rings is 1.